The van der Waals surface area contributed by atoms with Crippen molar-refractivity contribution in [3.8, 4) is 0 Å². The summed E-state index contributed by atoms with van der Waals surface area (Å²) in [7, 11) is -1.33. The maximum absolute atomic E-state index is 12.7. The highest BCUT2D eigenvalue weighted by molar-refractivity contribution is 7.85. The summed E-state index contributed by atoms with van der Waals surface area (Å²) < 4.78 is 29.4. The highest BCUT2D eigenvalue weighted by atomic mass is 32.2. The third-order valence-electron chi connectivity index (χ3n) is 2.17. The number of hydrogen-bond acceptors (Lipinski definition) is 3. The Bertz CT molecular complexity index is 403. The van der Waals surface area contributed by atoms with E-state index in [-0.39, 0.29) is 23.5 Å². The molecule has 5 heteroatoms. The van der Waals surface area contributed by atoms with E-state index in [0.29, 0.717) is 11.5 Å². The summed E-state index contributed by atoms with van der Waals surface area (Å²) >= 11 is 0. The van der Waals surface area contributed by atoms with Gasteiger partial charge < -0.3 is 4.74 Å². The maximum Gasteiger partial charge on any atom is 0.306 e. The molecule has 0 saturated heterocycles. The van der Waals surface area contributed by atoms with Crippen LogP contribution in [0.25, 0.3) is 0 Å². The highest BCUT2D eigenvalue weighted by Gasteiger charge is 2.17. The van der Waals surface area contributed by atoms with Crippen molar-refractivity contribution in [1.82, 2.24) is 0 Å². The molecule has 17 heavy (non-hydrogen) atoms. The van der Waals surface area contributed by atoms with Gasteiger partial charge in [-0.25, -0.2) is 4.39 Å². The van der Waals surface area contributed by atoms with Crippen LogP contribution >= 0.6 is 0 Å². The topological polar surface area (TPSA) is 43.4 Å². The van der Waals surface area contributed by atoms with Gasteiger partial charge in [0.1, 0.15) is 5.82 Å². The van der Waals surface area contributed by atoms with Gasteiger partial charge in [-0.3, -0.25) is 9.00 Å². The van der Waals surface area contributed by atoms with Crippen molar-refractivity contribution in [2.24, 2.45) is 0 Å². The number of hydrogen-bond donors (Lipinski definition) is 0. The summed E-state index contributed by atoms with van der Waals surface area (Å²) in [6.07, 6.45) is 0.0951. The number of carbonyl (C=O) groups is 1. The van der Waals surface area contributed by atoms with Crippen LogP contribution in [0, 0.1) is 5.82 Å². The molecule has 0 aromatic heterocycles. The van der Waals surface area contributed by atoms with Crippen molar-refractivity contribution in [3.63, 3.8) is 0 Å². The molecule has 0 aliphatic rings. The van der Waals surface area contributed by atoms with Gasteiger partial charge in [0.2, 0.25) is 0 Å². The lowest BCUT2D eigenvalue weighted by atomic mass is 10.3. The first-order valence-electron chi connectivity index (χ1n) is 5.36. The van der Waals surface area contributed by atoms with Gasteiger partial charge >= 0.3 is 5.97 Å². The number of ether oxygens (including phenoxy) is 1. The molecule has 0 aliphatic heterocycles. The molecule has 0 amide bonds. The zero-order valence-electron chi connectivity index (χ0n) is 9.81. The lowest BCUT2D eigenvalue weighted by Crippen LogP contribution is -2.18. The van der Waals surface area contributed by atoms with E-state index in [0.717, 1.165) is 0 Å². The molecule has 2 unspecified atom stereocenters. The molecule has 1 rings (SSSR count). The number of halogens is 1. The predicted molar refractivity (Wildman–Crippen MR) is 63.5 cm³/mol. The minimum absolute atomic E-state index is 0.0951. The number of carbonyl (C=O) groups excluding carboxylic acids is 1. The van der Waals surface area contributed by atoms with Crippen molar-refractivity contribution in [2.75, 3.05) is 6.61 Å². The standard InChI is InChI=1S/C12H15FO3S/c1-3-16-12(14)8-9(2)17(15)11-6-4-10(13)5-7-11/h4-7,9H,3,8H2,1-2H3. The van der Waals surface area contributed by atoms with Gasteiger partial charge in [-0.05, 0) is 38.1 Å². The van der Waals surface area contributed by atoms with Crippen molar-refractivity contribution in [3.05, 3.63) is 30.1 Å². The summed E-state index contributed by atoms with van der Waals surface area (Å²) in [5.41, 5.74) is 0. The van der Waals surface area contributed by atoms with Crippen molar-refractivity contribution in [1.29, 1.82) is 0 Å². The second-order valence-corrected chi connectivity index (χ2v) is 5.44. The maximum atomic E-state index is 12.7. The quantitative estimate of drug-likeness (QED) is 0.761. The van der Waals surface area contributed by atoms with Crippen LogP contribution in [0.2, 0.25) is 0 Å². The Morgan fingerprint density at radius 2 is 2.00 bits per heavy atom. The molecule has 3 nitrogen and oxygen atoms in total. The monoisotopic (exact) mass is 258 g/mol. The third kappa shape index (κ3) is 4.26. The fourth-order valence-electron chi connectivity index (χ4n) is 1.33. The normalized spacial score (nSPS) is 14.1. The second-order valence-electron chi connectivity index (χ2n) is 3.57. The highest BCUT2D eigenvalue weighted by Crippen LogP contribution is 2.14. The van der Waals surface area contributed by atoms with E-state index in [1.165, 1.54) is 24.3 Å². The number of benzene rings is 1. The van der Waals surface area contributed by atoms with Gasteiger partial charge in [0.25, 0.3) is 0 Å². The van der Waals surface area contributed by atoms with Gasteiger partial charge in [0, 0.05) is 10.1 Å². The fraction of sp³-hybridized carbons (Fsp3) is 0.417. The lowest BCUT2D eigenvalue weighted by molar-refractivity contribution is -0.143. The number of esters is 1. The van der Waals surface area contributed by atoms with Crippen LogP contribution < -0.4 is 0 Å². The molecule has 2 atom stereocenters. The SMILES string of the molecule is CCOC(=O)CC(C)S(=O)c1ccc(F)cc1. The lowest BCUT2D eigenvalue weighted by Gasteiger charge is -2.10. The molecule has 1 aromatic rings. The van der Waals surface area contributed by atoms with Crippen molar-refractivity contribution >= 4 is 16.8 Å². The Labute approximate surface area is 102 Å². The summed E-state index contributed by atoms with van der Waals surface area (Å²) in [6, 6.07) is 5.44. The van der Waals surface area contributed by atoms with E-state index < -0.39 is 10.8 Å². The Kier molecular flexibility index (Phi) is 5.28. The van der Waals surface area contributed by atoms with Gasteiger partial charge in [-0.1, -0.05) is 0 Å². The Morgan fingerprint density at radius 1 is 1.41 bits per heavy atom. The van der Waals surface area contributed by atoms with Crippen LogP contribution in [0.3, 0.4) is 0 Å². The van der Waals surface area contributed by atoms with Crippen LogP contribution in [-0.2, 0) is 20.3 Å². The van der Waals surface area contributed by atoms with E-state index in [1.54, 1.807) is 13.8 Å². The molecule has 0 spiro atoms. The largest absolute Gasteiger partial charge is 0.466 e. The van der Waals surface area contributed by atoms with Crippen LogP contribution in [0.4, 0.5) is 4.39 Å². The van der Waals surface area contributed by atoms with E-state index >= 15 is 0 Å². The molecule has 0 aliphatic carbocycles. The predicted octanol–water partition coefficient (Wildman–Crippen LogP) is 2.28. The Hall–Kier alpha value is -1.23. The van der Waals surface area contributed by atoms with E-state index in [1.807, 2.05) is 0 Å². The van der Waals surface area contributed by atoms with Crippen LogP contribution in [0.5, 0.6) is 0 Å². The molecule has 0 bridgehead atoms. The molecule has 1 aromatic carbocycles. The summed E-state index contributed by atoms with van der Waals surface area (Å²) in [6.45, 7) is 3.74. The van der Waals surface area contributed by atoms with Gasteiger partial charge in [-0.15, -0.1) is 0 Å². The Balaban J connectivity index is 2.63. The third-order valence-corrected chi connectivity index (χ3v) is 3.81. The molecule has 0 fully saturated rings. The first kappa shape index (κ1) is 13.8. The van der Waals surface area contributed by atoms with Crippen molar-refractivity contribution < 1.29 is 18.1 Å². The molecule has 0 heterocycles. The van der Waals surface area contributed by atoms with Crippen LogP contribution in [-0.4, -0.2) is 22.0 Å². The average molecular weight is 258 g/mol. The first-order chi connectivity index (χ1) is 8.04. The van der Waals surface area contributed by atoms with Gasteiger partial charge in [0.05, 0.1) is 23.8 Å². The molecule has 0 N–H and O–H groups in total. The average Bonchev–Trinajstić information content (AvgIpc) is 2.29. The summed E-state index contributed by atoms with van der Waals surface area (Å²) in [5, 5.41) is -0.348. The van der Waals surface area contributed by atoms with E-state index in [4.69, 9.17) is 4.74 Å². The minimum Gasteiger partial charge on any atom is -0.466 e. The van der Waals surface area contributed by atoms with E-state index in [2.05, 4.69) is 0 Å². The van der Waals surface area contributed by atoms with Gasteiger partial charge in [-0.2, -0.15) is 0 Å². The zero-order valence-corrected chi connectivity index (χ0v) is 10.6. The molecule has 94 valence electrons. The minimum atomic E-state index is -1.33. The van der Waals surface area contributed by atoms with E-state index in [9.17, 15) is 13.4 Å². The Morgan fingerprint density at radius 3 is 2.53 bits per heavy atom. The summed E-state index contributed by atoms with van der Waals surface area (Å²) in [4.78, 5) is 11.7. The van der Waals surface area contributed by atoms with Crippen LogP contribution in [0.1, 0.15) is 20.3 Å². The van der Waals surface area contributed by atoms with Crippen molar-refractivity contribution in [2.45, 2.75) is 30.4 Å². The molecule has 0 saturated carbocycles. The fourth-order valence-corrected chi connectivity index (χ4v) is 2.49. The molecule has 0 radical (unpaired) electrons. The zero-order chi connectivity index (χ0) is 12.8. The smallest absolute Gasteiger partial charge is 0.306 e. The molecular weight excluding hydrogens is 243 g/mol. The molecular formula is C12H15FO3S. The summed E-state index contributed by atoms with van der Waals surface area (Å²) in [5.74, 6) is -0.737. The van der Waals surface area contributed by atoms with Gasteiger partial charge in [0.15, 0.2) is 0 Å². The van der Waals surface area contributed by atoms with Crippen LogP contribution in [0.15, 0.2) is 29.2 Å². The number of rotatable bonds is 5. The first-order valence-corrected chi connectivity index (χ1v) is 6.57. The second kappa shape index (κ2) is 6.49.